The number of thioether (sulfide) groups is 1. The van der Waals surface area contributed by atoms with Gasteiger partial charge in [0.2, 0.25) is 0 Å². The van der Waals surface area contributed by atoms with Gasteiger partial charge in [0, 0.05) is 17.5 Å². The van der Waals surface area contributed by atoms with Crippen LogP contribution in [-0.2, 0) is 11.0 Å². The summed E-state index contributed by atoms with van der Waals surface area (Å²) in [6.45, 7) is 1.57. The molecule has 1 aliphatic rings. The van der Waals surface area contributed by atoms with Crippen LogP contribution >= 0.6 is 11.8 Å². The maximum absolute atomic E-state index is 13.4. The predicted octanol–water partition coefficient (Wildman–Crippen LogP) is 4.57. The van der Waals surface area contributed by atoms with Gasteiger partial charge in [-0.05, 0) is 18.2 Å². The summed E-state index contributed by atoms with van der Waals surface area (Å²) in [7, 11) is 0. The summed E-state index contributed by atoms with van der Waals surface area (Å²) in [4.78, 5) is 15.4. The number of anilines is 1. The molecule has 1 amide bonds. The van der Waals surface area contributed by atoms with Crippen LogP contribution in [0.2, 0.25) is 0 Å². The molecular formula is C14H10F8N2OS. The van der Waals surface area contributed by atoms with Crippen molar-refractivity contribution in [1.82, 2.24) is 0 Å². The molecular weight excluding hydrogens is 396 g/mol. The van der Waals surface area contributed by atoms with Gasteiger partial charge < -0.3 is 4.90 Å². The van der Waals surface area contributed by atoms with Crippen LogP contribution in [0.15, 0.2) is 23.2 Å². The molecule has 26 heavy (non-hydrogen) atoms. The molecule has 1 fully saturated rings. The molecule has 1 aliphatic heterocycles. The van der Waals surface area contributed by atoms with Crippen LogP contribution in [0.1, 0.15) is 12.5 Å². The van der Waals surface area contributed by atoms with Gasteiger partial charge >= 0.3 is 12.4 Å². The second-order valence-electron chi connectivity index (χ2n) is 5.34. The largest absolute Gasteiger partial charge is 0.428 e. The van der Waals surface area contributed by atoms with E-state index in [2.05, 4.69) is 4.99 Å². The average molecular weight is 406 g/mol. The van der Waals surface area contributed by atoms with Crippen molar-refractivity contribution in [1.29, 1.82) is 0 Å². The first kappa shape index (κ1) is 20.5. The number of amidine groups is 1. The van der Waals surface area contributed by atoms with Crippen molar-refractivity contribution in [3.8, 4) is 0 Å². The zero-order chi connectivity index (χ0) is 19.9. The lowest BCUT2D eigenvalue weighted by Crippen LogP contribution is -2.33. The summed E-state index contributed by atoms with van der Waals surface area (Å²) in [6.07, 6.45) is -14.3. The van der Waals surface area contributed by atoms with Crippen LogP contribution in [0, 0.1) is 5.82 Å². The van der Waals surface area contributed by atoms with Crippen LogP contribution in [0.3, 0.4) is 0 Å². The minimum absolute atomic E-state index is 0.0112. The summed E-state index contributed by atoms with van der Waals surface area (Å²) in [6, 6.07) is 1.95. The monoisotopic (exact) mass is 406 g/mol. The van der Waals surface area contributed by atoms with Crippen molar-refractivity contribution in [3.05, 3.63) is 29.6 Å². The molecule has 2 rings (SSSR count). The van der Waals surface area contributed by atoms with Crippen molar-refractivity contribution >= 4 is 28.5 Å². The fraction of sp³-hybridized carbons (Fsp3) is 0.429. The van der Waals surface area contributed by atoms with Gasteiger partial charge in [0.15, 0.2) is 5.17 Å². The van der Waals surface area contributed by atoms with E-state index in [1.54, 1.807) is 6.92 Å². The molecule has 3 nitrogen and oxygen atoms in total. The van der Waals surface area contributed by atoms with Gasteiger partial charge in [-0.1, -0.05) is 18.7 Å². The number of hydrogen-bond donors (Lipinski definition) is 0. The third-order valence-electron chi connectivity index (χ3n) is 3.25. The first-order valence-electron chi connectivity index (χ1n) is 6.95. The number of benzene rings is 1. The lowest BCUT2D eigenvalue weighted by Gasteiger charge is -2.20. The van der Waals surface area contributed by atoms with Gasteiger partial charge in [0.1, 0.15) is 5.82 Å². The lowest BCUT2D eigenvalue weighted by molar-refractivity contribution is -0.184. The Hall–Kier alpha value is -1.85. The summed E-state index contributed by atoms with van der Waals surface area (Å²) in [5, 5.41) is -0.751. The molecule has 0 bridgehead atoms. The Morgan fingerprint density at radius 2 is 1.88 bits per heavy atom. The number of carbonyl (C=O) groups is 1. The minimum atomic E-state index is -5.44. The highest BCUT2D eigenvalue weighted by Crippen LogP contribution is 2.37. The standard InChI is InChI=1S/C14H10F8N2OS/c1-6-5-24(7-2-3-9(15)8(4-7)13(17,18)19)12(26-6)23-11(25)10(16)14(20,21)22/h2-4,6,10H,5H2,1H3. The van der Waals surface area contributed by atoms with E-state index in [4.69, 9.17) is 0 Å². The Labute approximate surface area is 146 Å². The molecule has 1 aromatic carbocycles. The zero-order valence-electron chi connectivity index (χ0n) is 12.8. The summed E-state index contributed by atoms with van der Waals surface area (Å²) < 4.78 is 102. The van der Waals surface area contributed by atoms with Gasteiger partial charge in [-0.15, -0.1) is 0 Å². The molecule has 0 N–H and O–H groups in total. The van der Waals surface area contributed by atoms with E-state index < -0.39 is 41.0 Å². The van der Waals surface area contributed by atoms with Gasteiger partial charge in [-0.3, -0.25) is 4.79 Å². The van der Waals surface area contributed by atoms with E-state index in [-0.39, 0.29) is 17.5 Å². The molecule has 1 aromatic rings. The summed E-state index contributed by atoms with van der Waals surface area (Å²) >= 11 is 0.788. The second kappa shape index (κ2) is 7.05. The molecule has 0 spiro atoms. The molecule has 0 aromatic heterocycles. The summed E-state index contributed by atoms with van der Waals surface area (Å²) in [5.74, 6) is -3.64. The number of alkyl halides is 7. The van der Waals surface area contributed by atoms with Crippen LogP contribution in [0.4, 0.5) is 40.8 Å². The third-order valence-corrected chi connectivity index (χ3v) is 4.33. The lowest BCUT2D eigenvalue weighted by atomic mass is 10.1. The Balaban J connectivity index is 2.39. The summed E-state index contributed by atoms with van der Waals surface area (Å²) in [5.41, 5.74) is -1.81. The molecule has 0 aliphatic carbocycles. The van der Waals surface area contributed by atoms with Crippen molar-refractivity contribution < 1.29 is 39.9 Å². The topological polar surface area (TPSA) is 32.7 Å². The van der Waals surface area contributed by atoms with Crippen LogP contribution < -0.4 is 4.90 Å². The first-order chi connectivity index (χ1) is 11.8. The van der Waals surface area contributed by atoms with E-state index in [0.717, 1.165) is 22.7 Å². The van der Waals surface area contributed by atoms with E-state index in [1.807, 2.05) is 0 Å². The van der Waals surface area contributed by atoms with Crippen molar-refractivity contribution in [2.45, 2.75) is 30.7 Å². The van der Waals surface area contributed by atoms with Crippen molar-refractivity contribution in [3.63, 3.8) is 0 Å². The van der Waals surface area contributed by atoms with E-state index >= 15 is 0 Å². The van der Waals surface area contributed by atoms with Crippen LogP contribution in [0.5, 0.6) is 0 Å². The molecule has 1 heterocycles. The Morgan fingerprint density at radius 1 is 1.27 bits per heavy atom. The smallest absolute Gasteiger partial charge is 0.320 e. The number of nitrogens with zero attached hydrogens (tertiary/aromatic N) is 2. The fourth-order valence-electron chi connectivity index (χ4n) is 2.11. The number of hydrogen-bond acceptors (Lipinski definition) is 2. The average Bonchev–Trinajstić information content (AvgIpc) is 2.85. The highest BCUT2D eigenvalue weighted by molar-refractivity contribution is 8.15. The molecule has 0 radical (unpaired) electrons. The van der Waals surface area contributed by atoms with E-state index in [0.29, 0.717) is 12.1 Å². The first-order valence-corrected chi connectivity index (χ1v) is 7.83. The third kappa shape index (κ3) is 4.46. The SMILES string of the molecule is CC1CN(c2ccc(F)c(C(F)(F)F)c2)C(=NC(=O)C(F)C(F)(F)F)S1. The number of amides is 1. The Bertz CT molecular complexity index is 731. The van der Waals surface area contributed by atoms with Gasteiger partial charge in [0.25, 0.3) is 12.1 Å². The number of halogens is 8. The predicted molar refractivity (Wildman–Crippen MR) is 79.2 cm³/mol. The molecule has 2 unspecified atom stereocenters. The normalized spacial score (nSPS) is 21.3. The second-order valence-corrected chi connectivity index (χ2v) is 6.74. The quantitative estimate of drug-likeness (QED) is 0.675. The molecule has 0 saturated carbocycles. The highest BCUT2D eigenvalue weighted by atomic mass is 32.2. The molecule has 2 atom stereocenters. The highest BCUT2D eigenvalue weighted by Gasteiger charge is 2.46. The van der Waals surface area contributed by atoms with Gasteiger partial charge in [-0.25, -0.2) is 8.78 Å². The van der Waals surface area contributed by atoms with Crippen LogP contribution in [0.25, 0.3) is 0 Å². The maximum atomic E-state index is 13.4. The Kier molecular flexibility index (Phi) is 5.54. The van der Waals surface area contributed by atoms with E-state index in [9.17, 15) is 39.9 Å². The van der Waals surface area contributed by atoms with Crippen molar-refractivity contribution in [2.24, 2.45) is 4.99 Å². The molecule has 1 saturated heterocycles. The van der Waals surface area contributed by atoms with Crippen molar-refractivity contribution in [2.75, 3.05) is 11.4 Å². The fourth-order valence-corrected chi connectivity index (χ4v) is 3.14. The van der Waals surface area contributed by atoms with Gasteiger partial charge in [-0.2, -0.15) is 31.3 Å². The number of aliphatic imine (C=N–C) groups is 1. The number of carbonyl (C=O) groups excluding carboxylic acids is 1. The zero-order valence-corrected chi connectivity index (χ0v) is 13.6. The minimum Gasteiger partial charge on any atom is -0.320 e. The maximum Gasteiger partial charge on any atom is 0.428 e. The van der Waals surface area contributed by atoms with E-state index in [1.165, 1.54) is 0 Å². The number of rotatable bonds is 2. The van der Waals surface area contributed by atoms with Crippen LogP contribution in [-0.4, -0.2) is 35.2 Å². The molecule has 144 valence electrons. The Morgan fingerprint density at radius 3 is 2.42 bits per heavy atom. The molecule has 12 heteroatoms. The van der Waals surface area contributed by atoms with Gasteiger partial charge in [0.05, 0.1) is 5.56 Å².